The lowest BCUT2D eigenvalue weighted by atomic mass is 10.1. The zero-order valence-corrected chi connectivity index (χ0v) is 12.9. The number of benzene rings is 1. The van der Waals surface area contributed by atoms with Gasteiger partial charge in [-0.2, -0.15) is 4.98 Å². The molecule has 2 heterocycles. The summed E-state index contributed by atoms with van der Waals surface area (Å²) in [6, 6.07) is 7.83. The van der Waals surface area contributed by atoms with Gasteiger partial charge in [-0.1, -0.05) is 33.4 Å². The molecule has 0 spiro atoms. The zero-order chi connectivity index (χ0) is 15.5. The first kappa shape index (κ1) is 14.3. The van der Waals surface area contributed by atoms with Crippen molar-refractivity contribution in [1.29, 1.82) is 0 Å². The van der Waals surface area contributed by atoms with Gasteiger partial charge in [0.15, 0.2) is 5.69 Å². The fourth-order valence-corrected chi connectivity index (χ4v) is 2.38. The van der Waals surface area contributed by atoms with E-state index >= 15 is 0 Å². The number of carbonyl (C=O) groups excluding carboxylic acids is 1. The van der Waals surface area contributed by atoms with E-state index in [1.54, 1.807) is 12.4 Å². The van der Waals surface area contributed by atoms with Crippen molar-refractivity contribution in [3.8, 4) is 11.4 Å². The van der Waals surface area contributed by atoms with Crippen LogP contribution < -0.4 is 0 Å². The molecule has 0 saturated carbocycles. The summed E-state index contributed by atoms with van der Waals surface area (Å²) in [7, 11) is 1.65. The maximum Gasteiger partial charge on any atom is 0.275 e. The van der Waals surface area contributed by atoms with Gasteiger partial charge in [-0.3, -0.25) is 4.79 Å². The maximum atomic E-state index is 12.1. The van der Waals surface area contributed by atoms with E-state index < -0.39 is 0 Å². The standard InChI is InChI=1S/C14H13N5O2S/c1-9-4-3-5-10(6-9)13-15-12(21-17-13)7-19(2)14(20)11-8-22-18-16-11/h3-6,8H,7H2,1-2H3. The second-order valence-electron chi connectivity index (χ2n) is 4.83. The number of aryl methyl sites for hydroxylation is 1. The summed E-state index contributed by atoms with van der Waals surface area (Å²) in [6.07, 6.45) is 0. The van der Waals surface area contributed by atoms with E-state index in [2.05, 4.69) is 19.7 Å². The second-order valence-corrected chi connectivity index (χ2v) is 5.44. The molecule has 0 unspecified atom stereocenters. The molecule has 0 aliphatic rings. The lowest BCUT2D eigenvalue weighted by molar-refractivity contribution is 0.0763. The number of rotatable bonds is 4. The van der Waals surface area contributed by atoms with Crippen LogP contribution >= 0.6 is 11.5 Å². The van der Waals surface area contributed by atoms with Gasteiger partial charge in [0.1, 0.15) is 6.54 Å². The van der Waals surface area contributed by atoms with Gasteiger partial charge in [-0.25, -0.2) is 0 Å². The molecule has 3 aromatic rings. The lowest BCUT2D eigenvalue weighted by Gasteiger charge is -2.12. The molecule has 0 fully saturated rings. The lowest BCUT2D eigenvalue weighted by Crippen LogP contribution is -2.26. The highest BCUT2D eigenvalue weighted by Crippen LogP contribution is 2.17. The van der Waals surface area contributed by atoms with Gasteiger partial charge >= 0.3 is 0 Å². The molecule has 0 N–H and O–H groups in total. The normalized spacial score (nSPS) is 10.6. The van der Waals surface area contributed by atoms with Crippen molar-refractivity contribution in [2.75, 3.05) is 7.05 Å². The molecule has 1 amide bonds. The fraction of sp³-hybridized carbons (Fsp3) is 0.214. The van der Waals surface area contributed by atoms with Crippen molar-refractivity contribution in [3.63, 3.8) is 0 Å². The Bertz CT molecular complexity index is 784. The Morgan fingerprint density at radius 1 is 1.41 bits per heavy atom. The summed E-state index contributed by atoms with van der Waals surface area (Å²) < 4.78 is 8.89. The van der Waals surface area contributed by atoms with Crippen LogP contribution in [0.15, 0.2) is 34.2 Å². The first-order valence-corrected chi connectivity index (χ1v) is 7.39. The van der Waals surface area contributed by atoms with Crippen LogP contribution in [0.2, 0.25) is 0 Å². The number of hydrogen-bond donors (Lipinski definition) is 0. The van der Waals surface area contributed by atoms with E-state index in [0.29, 0.717) is 17.4 Å². The van der Waals surface area contributed by atoms with E-state index in [4.69, 9.17) is 4.52 Å². The van der Waals surface area contributed by atoms with Crippen LogP contribution in [0.3, 0.4) is 0 Å². The molecular weight excluding hydrogens is 302 g/mol. The quantitative estimate of drug-likeness (QED) is 0.733. The molecule has 0 aliphatic heterocycles. The molecule has 3 rings (SSSR count). The average Bonchev–Trinajstić information content (AvgIpc) is 3.18. The Labute approximate surface area is 130 Å². The monoisotopic (exact) mass is 315 g/mol. The smallest absolute Gasteiger partial charge is 0.275 e. The fourth-order valence-electron chi connectivity index (χ4n) is 1.95. The third-order valence-electron chi connectivity index (χ3n) is 3.04. The molecule has 0 atom stereocenters. The van der Waals surface area contributed by atoms with Gasteiger partial charge in [-0.15, -0.1) is 5.10 Å². The van der Waals surface area contributed by atoms with E-state index in [1.165, 1.54) is 4.90 Å². The minimum Gasteiger partial charge on any atom is -0.337 e. The minimum atomic E-state index is -0.232. The Balaban J connectivity index is 1.73. The van der Waals surface area contributed by atoms with Crippen LogP contribution in [-0.4, -0.2) is 37.6 Å². The summed E-state index contributed by atoms with van der Waals surface area (Å²) in [5.41, 5.74) is 2.31. The molecule has 8 heteroatoms. The van der Waals surface area contributed by atoms with Crippen LogP contribution in [0.4, 0.5) is 0 Å². The van der Waals surface area contributed by atoms with Gasteiger partial charge in [0, 0.05) is 18.0 Å². The molecule has 0 bridgehead atoms. The van der Waals surface area contributed by atoms with E-state index in [-0.39, 0.29) is 12.5 Å². The molecule has 112 valence electrons. The molecule has 1 aromatic carbocycles. The Kier molecular flexibility index (Phi) is 3.92. The first-order chi connectivity index (χ1) is 10.6. The second kappa shape index (κ2) is 6.02. The number of nitrogens with zero attached hydrogens (tertiary/aromatic N) is 5. The van der Waals surface area contributed by atoms with Crippen molar-refractivity contribution in [3.05, 3.63) is 46.8 Å². The molecule has 7 nitrogen and oxygen atoms in total. The molecule has 22 heavy (non-hydrogen) atoms. The summed E-state index contributed by atoms with van der Waals surface area (Å²) >= 11 is 1.13. The number of hydrogen-bond acceptors (Lipinski definition) is 7. The number of carbonyl (C=O) groups is 1. The minimum absolute atomic E-state index is 0.217. The van der Waals surface area contributed by atoms with E-state index in [9.17, 15) is 4.79 Å². The number of amides is 1. The SMILES string of the molecule is Cc1cccc(-c2noc(CN(C)C(=O)c3csnn3)n2)c1. The van der Waals surface area contributed by atoms with Crippen molar-refractivity contribution < 1.29 is 9.32 Å². The third-order valence-corrected chi connectivity index (χ3v) is 3.55. The van der Waals surface area contributed by atoms with Crippen LogP contribution in [0.25, 0.3) is 11.4 Å². The van der Waals surface area contributed by atoms with Gasteiger partial charge in [0.2, 0.25) is 11.7 Å². The largest absolute Gasteiger partial charge is 0.337 e. The van der Waals surface area contributed by atoms with Crippen LogP contribution in [0.1, 0.15) is 21.9 Å². The van der Waals surface area contributed by atoms with Gasteiger partial charge in [0.05, 0.1) is 0 Å². The first-order valence-electron chi connectivity index (χ1n) is 6.55. The topological polar surface area (TPSA) is 85.0 Å². The summed E-state index contributed by atoms with van der Waals surface area (Å²) in [5, 5.41) is 9.31. The number of aromatic nitrogens is 4. The molecular formula is C14H13N5O2S. The van der Waals surface area contributed by atoms with Crippen LogP contribution in [-0.2, 0) is 6.54 Å². The van der Waals surface area contributed by atoms with Gasteiger partial charge < -0.3 is 9.42 Å². The Hall–Kier alpha value is -2.61. The zero-order valence-electron chi connectivity index (χ0n) is 12.1. The predicted molar refractivity (Wildman–Crippen MR) is 80.2 cm³/mol. The average molecular weight is 315 g/mol. The highest BCUT2D eigenvalue weighted by atomic mass is 32.1. The molecule has 0 radical (unpaired) electrons. The Morgan fingerprint density at radius 2 is 2.27 bits per heavy atom. The Morgan fingerprint density at radius 3 is 3.00 bits per heavy atom. The maximum absolute atomic E-state index is 12.1. The van der Waals surface area contributed by atoms with Crippen molar-refractivity contribution in [2.24, 2.45) is 0 Å². The third kappa shape index (κ3) is 3.01. The molecule has 0 aliphatic carbocycles. The van der Waals surface area contributed by atoms with Gasteiger partial charge in [-0.05, 0) is 24.5 Å². The highest BCUT2D eigenvalue weighted by molar-refractivity contribution is 7.03. The predicted octanol–water partition coefficient (Wildman–Crippen LogP) is 2.17. The summed E-state index contributed by atoms with van der Waals surface area (Å²) in [6.45, 7) is 2.22. The van der Waals surface area contributed by atoms with Crippen LogP contribution in [0.5, 0.6) is 0 Å². The van der Waals surface area contributed by atoms with Crippen molar-refractivity contribution in [2.45, 2.75) is 13.5 Å². The highest BCUT2D eigenvalue weighted by Gasteiger charge is 2.18. The van der Waals surface area contributed by atoms with Crippen LogP contribution in [0, 0.1) is 6.92 Å². The van der Waals surface area contributed by atoms with Gasteiger partial charge in [0.25, 0.3) is 5.91 Å². The molecule has 2 aromatic heterocycles. The van der Waals surface area contributed by atoms with E-state index in [1.807, 2.05) is 31.2 Å². The summed E-state index contributed by atoms with van der Waals surface area (Å²) in [4.78, 5) is 17.9. The van der Waals surface area contributed by atoms with Crippen molar-refractivity contribution in [1.82, 2.24) is 24.6 Å². The van der Waals surface area contributed by atoms with E-state index in [0.717, 1.165) is 22.7 Å². The van der Waals surface area contributed by atoms with Crippen molar-refractivity contribution >= 4 is 17.4 Å². The molecule has 0 saturated heterocycles. The summed E-state index contributed by atoms with van der Waals surface area (Å²) in [5.74, 6) is 0.648.